The first-order valence-electron chi connectivity index (χ1n) is 6.49. The van der Waals surface area contributed by atoms with Crippen LogP contribution in [0.25, 0.3) is 0 Å². The quantitative estimate of drug-likeness (QED) is 0.772. The Hall–Kier alpha value is 0.0901. The van der Waals surface area contributed by atoms with Crippen LogP contribution in [0.15, 0.2) is 30.3 Å². The molecule has 1 aromatic carbocycles. The molecule has 0 spiro atoms. The van der Waals surface area contributed by atoms with Crippen LogP contribution in [0.4, 0.5) is 0 Å². The molecule has 0 unspecified atom stereocenters. The molecule has 0 nitrogen and oxygen atoms in total. The summed E-state index contributed by atoms with van der Waals surface area (Å²) >= 11 is 0. The van der Waals surface area contributed by atoms with Crippen molar-refractivity contribution < 1.29 is 0 Å². The Balaban J connectivity index is 0.000000711. The van der Waals surface area contributed by atoms with E-state index in [4.69, 9.17) is 0 Å². The maximum absolute atomic E-state index is 2.24. The Labute approximate surface area is 120 Å². The first-order chi connectivity index (χ1) is 7.45. The normalized spacial score (nSPS) is 14.9. The number of hydrogen-bond acceptors (Lipinski definition) is 0. The van der Waals surface area contributed by atoms with Gasteiger partial charge in [-0.1, -0.05) is 69.9 Å². The largest absolute Gasteiger partial charge is 0.0683 e. The van der Waals surface area contributed by atoms with Crippen LogP contribution in [0, 0.1) is 5.92 Å². The van der Waals surface area contributed by atoms with E-state index >= 15 is 0 Å². The van der Waals surface area contributed by atoms with E-state index in [0.717, 1.165) is 5.92 Å². The number of aryl methyl sites for hydroxylation is 1. The first kappa shape index (κ1) is 16.1. The van der Waals surface area contributed by atoms with E-state index in [0.29, 0.717) is 0 Å². The van der Waals surface area contributed by atoms with Crippen molar-refractivity contribution in [2.45, 2.75) is 52.4 Å². The van der Waals surface area contributed by atoms with Gasteiger partial charge in [0.1, 0.15) is 0 Å². The first-order valence-corrected chi connectivity index (χ1v) is 6.49. The van der Waals surface area contributed by atoms with Crippen molar-refractivity contribution in [3.8, 4) is 0 Å². The SMILES string of the molecule is CC.[In].c1ccc(CCC2CCCC2)cc1. The summed E-state index contributed by atoms with van der Waals surface area (Å²) in [6.45, 7) is 4.00. The predicted octanol–water partition coefficient (Wildman–Crippen LogP) is 4.45. The zero-order valence-electron chi connectivity index (χ0n) is 10.8. The molecular formula is C15H24In. The van der Waals surface area contributed by atoms with E-state index in [-0.39, 0.29) is 25.8 Å². The van der Waals surface area contributed by atoms with E-state index in [1.807, 2.05) is 13.8 Å². The smallest absolute Gasteiger partial charge is 0 e. The van der Waals surface area contributed by atoms with Crippen molar-refractivity contribution in [1.29, 1.82) is 0 Å². The summed E-state index contributed by atoms with van der Waals surface area (Å²) in [6.07, 6.45) is 8.59. The Bertz CT molecular complexity index is 237. The third-order valence-corrected chi connectivity index (χ3v) is 3.16. The average molecular weight is 319 g/mol. The molecule has 1 aromatic rings. The van der Waals surface area contributed by atoms with Gasteiger partial charge >= 0.3 is 0 Å². The third kappa shape index (κ3) is 5.98. The van der Waals surface area contributed by atoms with Crippen LogP contribution in [0.3, 0.4) is 0 Å². The molecule has 1 fully saturated rings. The van der Waals surface area contributed by atoms with Gasteiger partial charge < -0.3 is 0 Å². The zero-order valence-corrected chi connectivity index (χ0v) is 14.1. The van der Waals surface area contributed by atoms with Gasteiger partial charge in [-0.05, 0) is 24.3 Å². The molecule has 1 saturated carbocycles. The van der Waals surface area contributed by atoms with Gasteiger partial charge in [-0.3, -0.25) is 0 Å². The molecule has 0 amide bonds. The van der Waals surface area contributed by atoms with Gasteiger partial charge in [0.05, 0.1) is 0 Å². The summed E-state index contributed by atoms with van der Waals surface area (Å²) in [6, 6.07) is 10.9. The van der Waals surface area contributed by atoms with Gasteiger partial charge in [0.2, 0.25) is 0 Å². The number of benzene rings is 1. The molecule has 0 atom stereocenters. The van der Waals surface area contributed by atoms with Gasteiger partial charge in [0, 0.05) is 25.8 Å². The summed E-state index contributed by atoms with van der Waals surface area (Å²) in [5, 5.41) is 0. The van der Waals surface area contributed by atoms with E-state index in [2.05, 4.69) is 30.3 Å². The van der Waals surface area contributed by atoms with Gasteiger partial charge in [0.25, 0.3) is 0 Å². The van der Waals surface area contributed by atoms with Crippen molar-refractivity contribution in [1.82, 2.24) is 0 Å². The van der Waals surface area contributed by atoms with Crippen LogP contribution in [0.2, 0.25) is 0 Å². The standard InChI is InChI=1S/C13H18.C2H6.In/c1-2-6-12(7-3-1)10-11-13-8-4-5-9-13;1-2;/h1-3,6-7,13H,4-5,8-11H2;1-2H3;. The van der Waals surface area contributed by atoms with E-state index in [1.54, 1.807) is 0 Å². The van der Waals surface area contributed by atoms with Gasteiger partial charge in [0.15, 0.2) is 0 Å². The molecule has 0 heterocycles. The summed E-state index contributed by atoms with van der Waals surface area (Å²) in [5.74, 6) is 1.03. The minimum Gasteiger partial charge on any atom is -0.0683 e. The summed E-state index contributed by atoms with van der Waals surface area (Å²) in [5.41, 5.74) is 1.51. The number of rotatable bonds is 3. The molecule has 3 radical (unpaired) electrons. The predicted molar refractivity (Wildman–Crippen MR) is 73.8 cm³/mol. The van der Waals surface area contributed by atoms with Crippen molar-refractivity contribution in [2.24, 2.45) is 5.92 Å². The van der Waals surface area contributed by atoms with Crippen LogP contribution in [0.5, 0.6) is 0 Å². The van der Waals surface area contributed by atoms with Crippen molar-refractivity contribution >= 4 is 25.8 Å². The maximum Gasteiger partial charge on any atom is 0 e. The summed E-state index contributed by atoms with van der Waals surface area (Å²) < 4.78 is 0. The van der Waals surface area contributed by atoms with Crippen molar-refractivity contribution in [3.63, 3.8) is 0 Å². The van der Waals surface area contributed by atoms with Crippen LogP contribution in [-0.4, -0.2) is 25.8 Å². The zero-order chi connectivity index (χ0) is 10.9. The molecule has 87 valence electrons. The maximum atomic E-state index is 2.24. The molecule has 2 rings (SSSR count). The molecular weight excluding hydrogens is 295 g/mol. The van der Waals surface area contributed by atoms with E-state index in [9.17, 15) is 0 Å². The Morgan fingerprint density at radius 3 is 2.12 bits per heavy atom. The minimum absolute atomic E-state index is 0. The minimum atomic E-state index is 0. The van der Waals surface area contributed by atoms with Crippen LogP contribution >= 0.6 is 0 Å². The fourth-order valence-corrected chi connectivity index (χ4v) is 2.31. The van der Waals surface area contributed by atoms with Crippen molar-refractivity contribution in [2.75, 3.05) is 0 Å². The fraction of sp³-hybridized carbons (Fsp3) is 0.600. The molecule has 1 aliphatic carbocycles. The summed E-state index contributed by atoms with van der Waals surface area (Å²) in [7, 11) is 0. The second kappa shape index (κ2) is 10.3. The molecule has 0 aromatic heterocycles. The molecule has 0 saturated heterocycles. The molecule has 1 aliphatic rings. The molecule has 0 aliphatic heterocycles. The van der Waals surface area contributed by atoms with E-state index < -0.39 is 0 Å². The van der Waals surface area contributed by atoms with Crippen LogP contribution in [0.1, 0.15) is 51.5 Å². The second-order valence-corrected chi connectivity index (χ2v) is 4.17. The Morgan fingerprint density at radius 2 is 1.56 bits per heavy atom. The molecule has 0 N–H and O–H groups in total. The molecule has 16 heavy (non-hydrogen) atoms. The summed E-state index contributed by atoms with van der Waals surface area (Å²) in [4.78, 5) is 0. The van der Waals surface area contributed by atoms with Gasteiger partial charge in [-0.15, -0.1) is 0 Å². The Kier molecular flexibility index (Phi) is 10.3. The Morgan fingerprint density at radius 1 is 1.00 bits per heavy atom. The van der Waals surface area contributed by atoms with Gasteiger partial charge in [-0.25, -0.2) is 0 Å². The monoisotopic (exact) mass is 319 g/mol. The fourth-order valence-electron chi connectivity index (χ4n) is 2.31. The third-order valence-electron chi connectivity index (χ3n) is 3.16. The molecule has 1 heteroatoms. The molecule has 0 bridgehead atoms. The second-order valence-electron chi connectivity index (χ2n) is 4.17. The average Bonchev–Trinajstić information content (AvgIpc) is 2.83. The topological polar surface area (TPSA) is 0 Å². The van der Waals surface area contributed by atoms with Crippen molar-refractivity contribution in [3.05, 3.63) is 35.9 Å². The van der Waals surface area contributed by atoms with Crippen LogP contribution in [-0.2, 0) is 6.42 Å². The number of hydrogen-bond donors (Lipinski definition) is 0. The van der Waals surface area contributed by atoms with Crippen LogP contribution < -0.4 is 0 Å². The van der Waals surface area contributed by atoms with E-state index in [1.165, 1.54) is 44.1 Å². The van der Waals surface area contributed by atoms with Gasteiger partial charge in [-0.2, -0.15) is 0 Å².